The molecule has 0 aliphatic heterocycles. The van der Waals surface area contributed by atoms with Gasteiger partial charge in [0.2, 0.25) is 11.8 Å². The van der Waals surface area contributed by atoms with Crippen LogP contribution in [0.4, 0.5) is 5.82 Å². The van der Waals surface area contributed by atoms with E-state index in [2.05, 4.69) is 10.3 Å². The highest BCUT2D eigenvalue weighted by atomic mass is 16.2. The SMILES string of the molecule is NC(=O)C1(C[CH]C(=O)NCc2ccc(N)nc2)CCCCC1. The Bertz CT molecular complexity index is 521. The van der Waals surface area contributed by atoms with Crippen LogP contribution in [0.5, 0.6) is 0 Å². The third-order valence-electron chi connectivity index (χ3n) is 4.33. The lowest BCUT2D eigenvalue weighted by Crippen LogP contribution is -2.40. The maximum atomic E-state index is 11.9. The summed E-state index contributed by atoms with van der Waals surface area (Å²) in [5.41, 5.74) is 11.4. The Morgan fingerprint density at radius 3 is 2.59 bits per heavy atom. The molecule has 2 amide bonds. The van der Waals surface area contributed by atoms with Gasteiger partial charge in [-0.15, -0.1) is 0 Å². The number of nitrogens with one attached hydrogen (secondary N) is 1. The molecule has 0 spiro atoms. The minimum atomic E-state index is -0.543. The zero-order chi connectivity index (χ0) is 16.0. The third kappa shape index (κ3) is 4.19. The van der Waals surface area contributed by atoms with E-state index < -0.39 is 5.41 Å². The van der Waals surface area contributed by atoms with Crippen LogP contribution in [0, 0.1) is 11.8 Å². The number of nitrogens with two attached hydrogens (primary N) is 2. The van der Waals surface area contributed by atoms with Crippen LogP contribution in [0.2, 0.25) is 0 Å². The summed E-state index contributed by atoms with van der Waals surface area (Å²) in [6, 6.07) is 3.50. The van der Waals surface area contributed by atoms with Crippen LogP contribution in [0.3, 0.4) is 0 Å². The van der Waals surface area contributed by atoms with Crippen LogP contribution in [-0.2, 0) is 16.1 Å². The lowest BCUT2D eigenvalue weighted by molar-refractivity contribution is -0.129. The van der Waals surface area contributed by atoms with Gasteiger partial charge in [-0.05, 0) is 30.9 Å². The van der Waals surface area contributed by atoms with Crippen LogP contribution in [0.15, 0.2) is 18.3 Å². The van der Waals surface area contributed by atoms with E-state index in [1.54, 1.807) is 18.7 Å². The van der Waals surface area contributed by atoms with E-state index in [0.717, 1.165) is 37.7 Å². The van der Waals surface area contributed by atoms with Crippen LogP contribution < -0.4 is 16.8 Å². The predicted molar refractivity (Wildman–Crippen MR) is 84.1 cm³/mol. The number of nitrogen functional groups attached to an aromatic ring is 1. The van der Waals surface area contributed by atoms with Gasteiger partial charge in [0, 0.05) is 18.2 Å². The van der Waals surface area contributed by atoms with Crippen LogP contribution >= 0.6 is 0 Å². The number of primary amides is 1. The minimum absolute atomic E-state index is 0.192. The van der Waals surface area contributed by atoms with Crippen molar-refractivity contribution in [2.45, 2.75) is 45.1 Å². The molecule has 0 atom stereocenters. The van der Waals surface area contributed by atoms with Gasteiger partial charge >= 0.3 is 0 Å². The minimum Gasteiger partial charge on any atom is -0.384 e. The zero-order valence-electron chi connectivity index (χ0n) is 12.7. The number of anilines is 1. The molecule has 1 fully saturated rings. The number of amides is 2. The molecule has 1 aromatic heterocycles. The molecule has 1 aliphatic carbocycles. The molecule has 1 aliphatic rings. The van der Waals surface area contributed by atoms with Crippen molar-refractivity contribution in [3.8, 4) is 0 Å². The van der Waals surface area contributed by atoms with Crippen molar-refractivity contribution >= 4 is 17.6 Å². The normalized spacial score (nSPS) is 16.9. The fourth-order valence-electron chi connectivity index (χ4n) is 2.87. The van der Waals surface area contributed by atoms with E-state index in [4.69, 9.17) is 11.5 Å². The van der Waals surface area contributed by atoms with Gasteiger partial charge < -0.3 is 16.8 Å². The van der Waals surface area contributed by atoms with E-state index in [0.29, 0.717) is 18.8 Å². The molecule has 5 N–H and O–H groups in total. The Kier molecular flexibility index (Phi) is 5.35. The van der Waals surface area contributed by atoms with E-state index in [9.17, 15) is 9.59 Å². The van der Waals surface area contributed by atoms with Gasteiger partial charge in [0.15, 0.2) is 0 Å². The maximum Gasteiger partial charge on any atom is 0.224 e. The second-order valence-electron chi connectivity index (χ2n) is 5.92. The number of aromatic nitrogens is 1. The number of carbonyl (C=O) groups is 2. The molecule has 0 unspecified atom stereocenters. The van der Waals surface area contributed by atoms with E-state index in [1.165, 1.54) is 0 Å². The molecule has 1 saturated carbocycles. The first-order valence-corrected chi connectivity index (χ1v) is 7.63. The number of hydrogen-bond donors (Lipinski definition) is 3. The lowest BCUT2D eigenvalue weighted by atomic mass is 9.70. The van der Waals surface area contributed by atoms with E-state index in [1.807, 2.05) is 6.07 Å². The second-order valence-corrected chi connectivity index (χ2v) is 5.92. The van der Waals surface area contributed by atoms with Crippen molar-refractivity contribution in [1.82, 2.24) is 10.3 Å². The van der Waals surface area contributed by atoms with Gasteiger partial charge in [0.25, 0.3) is 0 Å². The molecule has 0 saturated heterocycles. The molecule has 22 heavy (non-hydrogen) atoms. The first-order chi connectivity index (χ1) is 10.5. The molecule has 1 radical (unpaired) electrons. The fraction of sp³-hybridized carbons (Fsp3) is 0.500. The van der Waals surface area contributed by atoms with Crippen molar-refractivity contribution in [3.05, 3.63) is 30.3 Å². The van der Waals surface area contributed by atoms with Gasteiger partial charge in [-0.3, -0.25) is 9.59 Å². The molecule has 6 nitrogen and oxygen atoms in total. The quantitative estimate of drug-likeness (QED) is 0.735. The molecule has 0 aromatic carbocycles. The summed E-state index contributed by atoms with van der Waals surface area (Å²) in [4.78, 5) is 27.6. The van der Waals surface area contributed by atoms with E-state index in [-0.39, 0.29) is 11.8 Å². The molecular weight excluding hydrogens is 280 g/mol. The Morgan fingerprint density at radius 2 is 2.00 bits per heavy atom. The number of carbonyl (C=O) groups excluding carboxylic acids is 2. The first kappa shape index (κ1) is 16.3. The summed E-state index contributed by atoms with van der Waals surface area (Å²) in [5, 5.41) is 2.79. The third-order valence-corrected chi connectivity index (χ3v) is 4.33. The van der Waals surface area contributed by atoms with Gasteiger partial charge in [0.05, 0.1) is 6.42 Å². The number of pyridine rings is 1. The van der Waals surface area contributed by atoms with Crippen molar-refractivity contribution < 1.29 is 9.59 Å². The number of rotatable bonds is 6. The molecule has 1 aromatic rings. The van der Waals surface area contributed by atoms with Crippen molar-refractivity contribution in [2.75, 3.05) is 5.73 Å². The van der Waals surface area contributed by atoms with Gasteiger partial charge in [-0.25, -0.2) is 4.98 Å². The highest BCUT2D eigenvalue weighted by molar-refractivity contribution is 5.87. The lowest BCUT2D eigenvalue weighted by Gasteiger charge is -2.34. The molecular formula is C16H23N4O2. The van der Waals surface area contributed by atoms with Crippen LogP contribution in [-0.4, -0.2) is 16.8 Å². The smallest absolute Gasteiger partial charge is 0.224 e. The summed E-state index contributed by atoms with van der Waals surface area (Å²) in [6.45, 7) is 0.381. The standard InChI is InChI=1S/C16H23N4O2/c17-13-5-4-12(10-19-13)11-20-14(21)6-9-16(15(18)22)7-2-1-3-8-16/h4-6,10H,1-3,7-9,11H2,(H2,17,19)(H2,18,22)(H,20,21). The van der Waals surface area contributed by atoms with Gasteiger partial charge in [0.1, 0.15) is 5.82 Å². The Morgan fingerprint density at radius 1 is 1.27 bits per heavy atom. The molecule has 2 rings (SSSR count). The predicted octanol–water partition coefficient (Wildman–Crippen LogP) is 1.31. The van der Waals surface area contributed by atoms with Crippen LogP contribution in [0.25, 0.3) is 0 Å². The second kappa shape index (κ2) is 7.24. The maximum absolute atomic E-state index is 11.9. The Labute approximate surface area is 130 Å². The van der Waals surface area contributed by atoms with Crippen molar-refractivity contribution in [2.24, 2.45) is 11.1 Å². The summed E-state index contributed by atoms with van der Waals surface area (Å²) >= 11 is 0. The molecule has 6 heteroatoms. The molecule has 0 bridgehead atoms. The van der Waals surface area contributed by atoms with Crippen molar-refractivity contribution in [3.63, 3.8) is 0 Å². The topological polar surface area (TPSA) is 111 Å². The Hall–Kier alpha value is -2.11. The highest BCUT2D eigenvalue weighted by Crippen LogP contribution is 2.39. The average Bonchev–Trinajstić information content (AvgIpc) is 2.53. The van der Waals surface area contributed by atoms with Crippen LogP contribution in [0.1, 0.15) is 44.1 Å². The largest absolute Gasteiger partial charge is 0.384 e. The summed E-state index contributed by atoms with van der Waals surface area (Å²) < 4.78 is 0. The zero-order valence-corrected chi connectivity index (χ0v) is 12.7. The molecule has 119 valence electrons. The summed E-state index contributed by atoms with van der Waals surface area (Å²) in [5.74, 6) is -0.0376. The summed E-state index contributed by atoms with van der Waals surface area (Å²) in [6.07, 6.45) is 8.25. The molecule has 1 heterocycles. The van der Waals surface area contributed by atoms with Gasteiger partial charge in [-0.2, -0.15) is 0 Å². The monoisotopic (exact) mass is 303 g/mol. The van der Waals surface area contributed by atoms with E-state index >= 15 is 0 Å². The Balaban J connectivity index is 1.81. The number of nitrogens with zero attached hydrogens (tertiary/aromatic N) is 1. The van der Waals surface area contributed by atoms with Crippen molar-refractivity contribution in [1.29, 1.82) is 0 Å². The fourth-order valence-corrected chi connectivity index (χ4v) is 2.87. The number of hydrogen-bond acceptors (Lipinski definition) is 4. The summed E-state index contributed by atoms with van der Waals surface area (Å²) in [7, 11) is 0. The highest BCUT2D eigenvalue weighted by Gasteiger charge is 2.37. The van der Waals surface area contributed by atoms with Gasteiger partial charge in [-0.1, -0.05) is 25.3 Å². The first-order valence-electron chi connectivity index (χ1n) is 7.63. The average molecular weight is 303 g/mol.